The maximum Gasteiger partial charge on any atom is 0.261 e. The fourth-order valence-electron chi connectivity index (χ4n) is 4.72. The van der Waals surface area contributed by atoms with Crippen LogP contribution < -0.4 is 10.1 Å². The second-order valence-corrected chi connectivity index (χ2v) is 9.09. The van der Waals surface area contributed by atoms with Crippen LogP contribution in [0.2, 0.25) is 0 Å². The number of carbonyl (C=O) groups is 2. The van der Waals surface area contributed by atoms with E-state index in [4.69, 9.17) is 4.74 Å². The summed E-state index contributed by atoms with van der Waals surface area (Å²) in [4.78, 5) is 27.7. The van der Waals surface area contributed by atoms with Crippen LogP contribution in [0.4, 0.5) is 0 Å². The predicted octanol–water partition coefficient (Wildman–Crippen LogP) is 5.35. The second kappa shape index (κ2) is 11.2. The second-order valence-electron chi connectivity index (χ2n) is 9.09. The molecular formula is C30H34N2O3. The van der Waals surface area contributed by atoms with Crippen molar-refractivity contribution in [3.63, 3.8) is 0 Å². The molecule has 0 radical (unpaired) electrons. The first kappa shape index (κ1) is 24.5. The molecule has 1 aliphatic heterocycles. The van der Waals surface area contributed by atoms with Gasteiger partial charge < -0.3 is 15.0 Å². The van der Waals surface area contributed by atoms with Crippen LogP contribution in [0, 0.1) is 6.92 Å². The van der Waals surface area contributed by atoms with Gasteiger partial charge in [-0.25, -0.2) is 0 Å². The summed E-state index contributed by atoms with van der Waals surface area (Å²) in [6, 6.07) is 24.1. The van der Waals surface area contributed by atoms with Crippen molar-refractivity contribution in [1.82, 2.24) is 10.2 Å². The Morgan fingerprint density at radius 2 is 1.83 bits per heavy atom. The number of carbonyl (C=O) groups excluding carboxylic acids is 2. The van der Waals surface area contributed by atoms with E-state index in [1.54, 1.807) is 0 Å². The molecular weight excluding hydrogens is 436 g/mol. The molecule has 0 aromatic heterocycles. The first-order chi connectivity index (χ1) is 17.0. The van der Waals surface area contributed by atoms with Crippen molar-refractivity contribution in [3.05, 3.63) is 101 Å². The molecule has 0 bridgehead atoms. The van der Waals surface area contributed by atoms with Crippen LogP contribution >= 0.6 is 0 Å². The molecule has 2 unspecified atom stereocenters. The van der Waals surface area contributed by atoms with E-state index in [0.29, 0.717) is 31.7 Å². The van der Waals surface area contributed by atoms with Gasteiger partial charge in [-0.3, -0.25) is 9.59 Å². The lowest BCUT2D eigenvalue weighted by Gasteiger charge is -2.38. The quantitative estimate of drug-likeness (QED) is 0.483. The summed E-state index contributed by atoms with van der Waals surface area (Å²) in [5.74, 6) is 0.654. The minimum Gasteiger partial charge on any atom is -0.481 e. The fraction of sp³-hybridized carbons (Fsp3) is 0.333. The summed E-state index contributed by atoms with van der Waals surface area (Å²) >= 11 is 0. The first-order valence-corrected chi connectivity index (χ1v) is 12.5. The number of benzene rings is 3. The van der Waals surface area contributed by atoms with Gasteiger partial charge in [-0.2, -0.15) is 0 Å². The molecule has 0 spiro atoms. The van der Waals surface area contributed by atoms with Crippen LogP contribution in [0.3, 0.4) is 0 Å². The zero-order valence-corrected chi connectivity index (χ0v) is 20.8. The molecule has 35 heavy (non-hydrogen) atoms. The molecule has 0 saturated carbocycles. The summed E-state index contributed by atoms with van der Waals surface area (Å²) < 4.78 is 6.19. The molecule has 2 atom stereocenters. The number of ether oxygens (including phenoxy) is 1. The molecule has 5 heteroatoms. The van der Waals surface area contributed by atoms with E-state index in [-0.39, 0.29) is 17.9 Å². The van der Waals surface area contributed by atoms with Gasteiger partial charge in [-0.1, -0.05) is 80.1 Å². The van der Waals surface area contributed by atoms with Crippen molar-refractivity contribution < 1.29 is 14.3 Å². The summed E-state index contributed by atoms with van der Waals surface area (Å²) in [6.45, 7) is 7.08. The van der Waals surface area contributed by atoms with E-state index in [0.717, 1.165) is 28.7 Å². The highest BCUT2D eigenvalue weighted by atomic mass is 16.5. The van der Waals surface area contributed by atoms with Crippen LogP contribution in [0.1, 0.15) is 60.5 Å². The van der Waals surface area contributed by atoms with Crippen LogP contribution in [0.25, 0.3) is 0 Å². The smallest absolute Gasteiger partial charge is 0.261 e. The van der Waals surface area contributed by atoms with Gasteiger partial charge in [-0.15, -0.1) is 0 Å². The number of rotatable bonds is 8. The molecule has 5 nitrogen and oxygen atoms in total. The minimum atomic E-state index is -0.592. The Morgan fingerprint density at radius 3 is 2.54 bits per heavy atom. The highest BCUT2D eigenvalue weighted by Crippen LogP contribution is 2.38. The average Bonchev–Trinajstić information content (AvgIpc) is 2.89. The third-order valence-corrected chi connectivity index (χ3v) is 6.58. The molecule has 0 fully saturated rings. The highest BCUT2D eigenvalue weighted by molar-refractivity contribution is 5.81. The van der Waals surface area contributed by atoms with Crippen molar-refractivity contribution >= 4 is 11.8 Å². The predicted molar refractivity (Wildman–Crippen MR) is 138 cm³/mol. The number of aryl methyl sites for hydroxylation is 1. The molecule has 182 valence electrons. The number of fused-ring (bicyclic) bond motifs is 1. The number of hydrogen-bond acceptors (Lipinski definition) is 3. The van der Waals surface area contributed by atoms with Gasteiger partial charge in [-0.05, 0) is 54.2 Å². The molecule has 0 aliphatic carbocycles. The Kier molecular flexibility index (Phi) is 7.86. The van der Waals surface area contributed by atoms with Crippen LogP contribution in [0.5, 0.6) is 5.75 Å². The van der Waals surface area contributed by atoms with Crippen LogP contribution in [-0.4, -0.2) is 29.4 Å². The Bertz CT molecular complexity index is 1180. The van der Waals surface area contributed by atoms with Gasteiger partial charge in [0.25, 0.3) is 5.91 Å². The monoisotopic (exact) mass is 470 g/mol. The van der Waals surface area contributed by atoms with E-state index in [1.807, 2.05) is 67.3 Å². The maximum atomic E-state index is 12.9. The number of nitrogens with one attached hydrogen (secondary N) is 1. The number of hydrogen-bond donors (Lipinski definition) is 1. The van der Waals surface area contributed by atoms with E-state index in [1.165, 1.54) is 5.56 Å². The van der Waals surface area contributed by atoms with Gasteiger partial charge in [0.2, 0.25) is 5.91 Å². The highest BCUT2D eigenvalue weighted by Gasteiger charge is 2.32. The molecule has 1 heterocycles. The van der Waals surface area contributed by atoms with E-state index in [2.05, 4.69) is 36.5 Å². The van der Waals surface area contributed by atoms with E-state index in [9.17, 15) is 9.59 Å². The zero-order chi connectivity index (χ0) is 24.8. The lowest BCUT2D eigenvalue weighted by atomic mass is 9.87. The summed E-state index contributed by atoms with van der Waals surface area (Å²) in [6.07, 6.45) is 1.23. The molecule has 0 saturated heterocycles. The molecule has 1 N–H and O–H groups in total. The Labute approximate surface area is 208 Å². The number of nitrogens with zero attached hydrogens (tertiary/aromatic N) is 1. The van der Waals surface area contributed by atoms with Crippen molar-refractivity contribution in [3.8, 4) is 5.75 Å². The third kappa shape index (κ3) is 5.73. The van der Waals surface area contributed by atoms with Gasteiger partial charge in [0, 0.05) is 19.5 Å². The van der Waals surface area contributed by atoms with E-state index < -0.39 is 6.10 Å². The van der Waals surface area contributed by atoms with Crippen molar-refractivity contribution in [2.24, 2.45) is 0 Å². The molecule has 1 aliphatic rings. The van der Waals surface area contributed by atoms with Gasteiger partial charge in [0.05, 0.1) is 6.04 Å². The normalized spacial score (nSPS) is 15.7. The average molecular weight is 471 g/mol. The largest absolute Gasteiger partial charge is 0.481 e. The van der Waals surface area contributed by atoms with E-state index >= 15 is 0 Å². The van der Waals surface area contributed by atoms with Crippen molar-refractivity contribution in [2.45, 2.75) is 58.7 Å². The molecule has 4 rings (SSSR count). The Morgan fingerprint density at radius 1 is 1.03 bits per heavy atom. The summed E-state index contributed by atoms with van der Waals surface area (Å²) in [5.41, 5.74) is 5.59. The first-order valence-electron chi connectivity index (χ1n) is 12.5. The molecule has 3 aromatic rings. The van der Waals surface area contributed by atoms with Gasteiger partial charge in [0.1, 0.15) is 5.75 Å². The molecule has 2 amide bonds. The van der Waals surface area contributed by atoms with Gasteiger partial charge in [0.15, 0.2) is 6.10 Å². The van der Waals surface area contributed by atoms with Gasteiger partial charge >= 0.3 is 0 Å². The lowest BCUT2D eigenvalue weighted by molar-refractivity contribution is -0.133. The van der Waals surface area contributed by atoms with Crippen molar-refractivity contribution in [1.29, 1.82) is 0 Å². The zero-order valence-electron chi connectivity index (χ0n) is 20.8. The summed E-state index contributed by atoms with van der Waals surface area (Å²) in [5, 5.41) is 2.99. The molecule has 3 aromatic carbocycles. The summed E-state index contributed by atoms with van der Waals surface area (Å²) in [7, 11) is 0. The lowest BCUT2D eigenvalue weighted by Crippen LogP contribution is -2.40. The van der Waals surface area contributed by atoms with Crippen molar-refractivity contribution in [2.75, 3.05) is 6.54 Å². The third-order valence-electron chi connectivity index (χ3n) is 6.58. The fourth-order valence-corrected chi connectivity index (χ4v) is 4.72. The Hall–Kier alpha value is -3.60. The standard InChI is InChI=1S/C30H34N2O3/c1-4-27(30(34)31-20-22-11-7-6-8-12-22)35-25-15-14-23-16-17-32(28(33)5-2)29(26(23)19-25)24-13-9-10-21(3)18-24/h6-15,18-19,27,29H,4-5,16-17,20H2,1-3H3,(H,31,34). The maximum absolute atomic E-state index is 12.9. The SMILES string of the molecule is CCC(=O)N1CCc2ccc(OC(CC)C(=O)NCc3ccccc3)cc2C1c1cccc(C)c1. The Balaban J connectivity index is 1.58. The number of amides is 2. The minimum absolute atomic E-state index is 0.132. The topological polar surface area (TPSA) is 58.6 Å². The van der Waals surface area contributed by atoms with Crippen LogP contribution in [-0.2, 0) is 22.6 Å². The van der Waals surface area contributed by atoms with Crippen LogP contribution in [0.15, 0.2) is 72.8 Å².